The fourth-order valence-electron chi connectivity index (χ4n) is 2.18. The van der Waals surface area contributed by atoms with Gasteiger partial charge in [0.15, 0.2) is 0 Å². The molecule has 4 nitrogen and oxygen atoms in total. The molecule has 2 N–H and O–H groups in total. The van der Waals surface area contributed by atoms with E-state index in [2.05, 4.69) is 4.98 Å². The van der Waals surface area contributed by atoms with Crippen molar-refractivity contribution in [3.05, 3.63) is 56.5 Å². The second-order valence-electron chi connectivity index (χ2n) is 4.27. The molecular formula is C14H12ClNO3. The molecule has 2 rings (SSSR count). The number of hydrogen-bond donors (Lipinski definition) is 2. The van der Waals surface area contributed by atoms with Crippen LogP contribution in [0.3, 0.4) is 0 Å². The second-order valence-corrected chi connectivity index (χ2v) is 4.70. The zero-order chi connectivity index (χ0) is 14.2. The van der Waals surface area contributed by atoms with Crippen LogP contribution in [-0.2, 0) is 0 Å². The number of rotatable bonds is 2. The van der Waals surface area contributed by atoms with Crippen molar-refractivity contribution in [2.75, 3.05) is 0 Å². The first-order valence-electron chi connectivity index (χ1n) is 5.64. The van der Waals surface area contributed by atoms with E-state index >= 15 is 0 Å². The maximum Gasteiger partial charge on any atom is 0.341 e. The topological polar surface area (TPSA) is 70.2 Å². The minimum Gasteiger partial charge on any atom is -0.477 e. The van der Waals surface area contributed by atoms with Gasteiger partial charge < -0.3 is 10.1 Å². The Morgan fingerprint density at radius 2 is 1.79 bits per heavy atom. The summed E-state index contributed by atoms with van der Waals surface area (Å²) in [6.45, 7) is 3.37. The highest BCUT2D eigenvalue weighted by molar-refractivity contribution is 6.30. The first-order chi connectivity index (χ1) is 8.91. The summed E-state index contributed by atoms with van der Waals surface area (Å²) in [6, 6.07) is 7.03. The summed E-state index contributed by atoms with van der Waals surface area (Å²) in [5.74, 6) is -1.23. The van der Waals surface area contributed by atoms with Gasteiger partial charge in [-0.2, -0.15) is 0 Å². The Morgan fingerprint density at radius 3 is 2.32 bits per heavy atom. The number of carbonyl (C=O) groups is 1. The van der Waals surface area contributed by atoms with Gasteiger partial charge in [0.1, 0.15) is 5.56 Å². The lowest BCUT2D eigenvalue weighted by Crippen LogP contribution is -2.21. The number of halogens is 1. The molecule has 0 bridgehead atoms. The number of hydrogen-bond acceptors (Lipinski definition) is 2. The number of aryl methyl sites for hydroxylation is 1. The van der Waals surface area contributed by atoms with Crippen LogP contribution in [0.1, 0.15) is 21.6 Å². The molecule has 0 aliphatic heterocycles. The van der Waals surface area contributed by atoms with Crippen molar-refractivity contribution in [2.24, 2.45) is 0 Å². The first-order valence-corrected chi connectivity index (χ1v) is 6.02. The van der Waals surface area contributed by atoms with Gasteiger partial charge in [0.2, 0.25) is 0 Å². The van der Waals surface area contributed by atoms with Gasteiger partial charge in [-0.3, -0.25) is 4.79 Å². The summed E-state index contributed by atoms with van der Waals surface area (Å²) in [4.78, 5) is 25.4. The maximum atomic E-state index is 11.7. The summed E-state index contributed by atoms with van der Waals surface area (Å²) < 4.78 is 0. The monoisotopic (exact) mass is 277 g/mol. The fraction of sp³-hybridized carbons (Fsp3) is 0.143. The van der Waals surface area contributed by atoms with Crippen molar-refractivity contribution in [2.45, 2.75) is 13.8 Å². The van der Waals surface area contributed by atoms with Crippen molar-refractivity contribution in [3.8, 4) is 11.1 Å². The van der Waals surface area contributed by atoms with Gasteiger partial charge in [0.05, 0.1) is 0 Å². The summed E-state index contributed by atoms with van der Waals surface area (Å²) >= 11 is 5.83. The summed E-state index contributed by atoms with van der Waals surface area (Å²) in [5.41, 5.74) is 1.81. The number of carboxylic acid groups (broad SMARTS) is 1. The molecule has 1 aromatic heterocycles. The van der Waals surface area contributed by atoms with Crippen LogP contribution < -0.4 is 5.56 Å². The van der Waals surface area contributed by atoms with Gasteiger partial charge in [0, 0.05) is 16.3 Å². The molecule has 0 aliphatic rings. The lowest BCUT2D eigenvalue weighted by atomic mass is 9.96. The molecule has 2 aromatic rings. The zero-order valence-corrected chi connectivity index (χ0v) is 11.2. The number of pyridine rings is 1. The van der Waals surface area contributed by atoms with E-state index in [0.29, 0.717) is 21.8 Å². The lowest BCUT2D eigenvalue weighted by Gasteiger charge is -2.12. The molecule has 1 heterocycles. The van der Waals surface area contributed by atoms with Crippen LogP contribution in [-0.4, -0.2) is 16.1 Å². The molecule has 0 saturated carbocycles. The number of benzene rings is 1. The van der Waals surface area contributed by atoms with Crippen molar-refractivity contribution in [1.82, 2.24) is 4.98 Å². The Hall–Kier alpha value is -2.07. The van der Waals surface area contributed by atoms with Gasteiger partial charge in [0.25, 0.3) is 5.56 Å². The Kier molecular flexibility index (Phi) is 3.44. The van der Waals surface area contributed by atoms with Crippen LogP contribution in [0.25, 0.3) is 11.1 Å². The lowest BCUT2D eigenvalue weighted by molar-refractivity contribution is 0.0694. The molecule has 0 saturated heterocycles. The molecule has 0 radical (unpaired) electrons. The van der Waals surface area contributed by atoms with Crippen LogP contribution >= 0.6 is 11.6 Å². The van der Waals surface area contributed by atoms with E-state index in [1.54, 1.807) is 38.1 Å². The van der Waals surface area contributed by atoms with E-state index < -0.39 is 11.5 Å². The van der Waals surface area contributed by atoms with Crippen molar-refractivity contribution < 1.29 is 9.90 Å². The highest BCUT2D eigenvalue weighted by Crippen LogP contribution is 2.27. The second kappa shape index (κ2) is 4.90. The number of carboxylic acids is 1. The number of H-pyrrole nitrogens is 1. The van der Waals surface area contributed by atoms with E-state index in [0.717, 1.165) is 5.56 Å². The normalized spacial score (nSPS) is 10.5. The Bertz CT molecular complexity index is 702. The molecule has 0 spiro atoms. The first kappa shape index (κ1) is 13.4. The predicted octanol–water partition coefficient (Wildman–Crippen LogP) is 3.01. The molecule has 0 fully saturated rings. The van der Waals surface area contributed by atoms with E-state index in [9.17, 15) is 9.59 Å². The smallest absolute Gasteiger partial charge is 0.341 e. The van der Waals surface area contributed by atoms with Gasteiger partial charge in [-0.05, 0) is 37.1 Å². The van der Waals surface area contributed by atoms with Gasteiger partial charge in [-0.25, -0.2) is 4.79 Å². The van der Waals surface area contributed by atoms with Crippen LogP contribution in [0.2, 0.25) is 5.02 Å². The average molecular weight is 278 g/mol. The molecule has 5 heteroatoms. The fourth-order valence-corrected chi connectivity index (χ4v) is 2.30. The Balaban J connectivity index is 2.77. The molecule has 0 atom stereocenters. The molecule has 0 amide bonds. The largest absolute Gasteiger partial charge is 0.477 e. The summed E-state index contributed by atoms with van der Waals surface area (Å²) in [5, 5.41) is 9.71. The Morgan fingerprint density at radius 1 is 1.21 bits per heavy atom. The number of aromatic carboxylic acids is 1. The average Bonchev–Trinajstić information content (AvgIpc) is 2.30. The minimum atomic E-state index is -1.23. The van der Waals surface area contributed by atoms with Crippen LogP contribution in [0.15, 0.2) is 29.1 Å². The van der Waals surface area contributed by atoms with E-state index in [1.807, 2.05) is 0 Å². The molecule has 0 unspecified atom stereocenters. The Labute approximate surface area is 114 Å². The van der Waals surface area contributed by atoms with Crippen LogP contribution in [0.5, 0.6) is 0 Å². The number of aromatic nitrogens is 1. The molecule has 0 aliphatic carbocycles. The van der Waals surface area contributed by atoms with Crippen LogP contribution in [0, 0.1) is 13.8 Å². The van der Waals surface area contributed by atoms with Crippen molar-refractivity contribution in [3.63, 3.8) is 0 Å². The van der Waals surface area contributed by atoms with Gasteiger partial charge in [-0.1, -0.05) is 23.7 Å². The summed E-state index contributed by atoms with van der Waals surface area (Å²) in [7, 11) is 0. The highest BCUT2D eigenvalue weighted by atomic mass is 35.5. The van der Waals surface area contributed by atoms with Crippen molar-refractivity contribution in [1.29, 1.82) is 0 Å². The van der Waals surface area contributed by atoms with Gasteiger partial charge in [-0.15, -0.1) is 0 Å². The molecular weight excluding hydrogens is 266 g/mol. The summed E-state index contributed by atoms with van der Waals surface area (Å²) in [6.07, 6.45) is 0. The third kappa shape index (κ3) is 2.39. The minimum absolute atomic E-state index is 0.226. The molecule has 19 heavy (non-hydrogen) atoms. The predicted molar refractivity (Wildman–Crippen MR) is 73.9 cm³/mol. The van der Waals surface area contributed by atoms with E-state index in [4.69, 9.17) is 16.7 Å². The molecule has 98 valence electrons. The van der Waals surface area contributed by atoms with Gasteiger partial charge >= 0.3 is 5.97 Å². The van der Waals surface area contributed by atoms with Crippen molar-refractivity contribution >= 4 is 17.6 Å². The number of nitrogens with one attached hydrogen (secondary N) is 1. The highest BCUT2D eigenvalue weighted by Gasteiger charge is 2.18. The SMILES string of the molecule is Cc1[nH]c(=O)c(C(=O)O)c(C)c1-c1ccc(Cl)cc1. The zero-order valence-electron chi connectivity index (χ0n) is 10.5. The standard InChI is InChI=1S/C14H12ClNO3/c1-7-11(9-3-5-10(15)6-4-9)8(2)16-13(17)12(7)14(18)19/h3-6H,1-2H3,(H,16,17)(H,18,19). The quantitative estimate of drug-likeness (QED) is 0.886. The third-order valence-electron chi connectivity index (χ3n) is 3.00. The number of aromatic amines is 1. The maximum absolute atomic E-state index is 11.7. The van der Waals surface area contributed by atoms with E-state index in [1.165, 1.54) is 0 Å². The third-order valence-corrected chi connectivity index (χ3v) is 3.25. The van der Waals surface area contributed by atoms with Crippen LogP contribution in [0.4, 0.5) is 0 Å². The van der Waals surface area contributed by atoms with E-state index in [-0.39, 0.29) is 5.56 Å². The molecule has 1 aromatic carbocycles.